The van der Waals surface area contributed by atoms with Crippen molar-refractivity contribution in [1.82, 2.24) is 4.98 Å². The molecule has 1 heteroatoms. The third-order valence-corrected chi connectivity index (χ3v) is 1.23. The topological polar surface area (TPSA) is 12.9 Å². The molecule has 0 saturated carbocycles. The Labute approximate surface area is 83.2 Å². The zero-order valence-corrected chi connectivity index (χ0v) is 10.1. The van der Waals surface area contributed by atoms with Gasteiger partial charge in [-0.3, -0.25) is 4.98 Å². The zero-order valence-electron chi connectivity index (χ0n) is 10.1. The molecule has 0 amide bonds. The number of pyridine rings is 1. The van der Waals surface area contributed by atoms with E-state index in [1.807, 2.05) is 41.5 Å². The highest BCUT2D eigenvalue weighted by Crippen LogP contribution is 2.01. The third-order valence-electron chi connectivity index (χ3n) is 1.23. The first-order chi connectivity index (χ1) is 6.18. The van der Waals surface area contributed by atoms with E-state index < -0.39 is 0 Å². The molecule has 0 bridgehead atoms. The molecular weight excluding hydrogens is 158 g/mol. The lowest BCUT2D eigenvalue weighted by Gasteiger charge is -1.96. The van der Waals surface area contributed by atoms with E-state index >= 15 is 0 Å². The molecule has 1 aromatic rings. The Morgan fingerprint density at radius 3 is 1.31 bits per heavy atom. The molecule has 0 spiro atoms. The molecule has 1 heterocycles. The Balaban J connectivity index is 0. The monoisotopic (exact) mass is 181 g/mol. The first-order valence-electron chi connectivity index (χ1n) is 5.10. The third kappa shape index (κ3) is 7.51. The van der Waals surface area contributed by atoms with Crippen molar-refractivity contribution < 1.29 is 0 Å². The summed E-state index contributed by atoms with van der Waals surface area (Å²) in [7, 11) is 0. The molecule has 0 N–H and O–H groups in total. The Kier molecular flexibility index (Phi) is 10.4. The highest BCUT2D eigenvalue weighted by Gasteiger charge is 1.88. The van der Waals surface area contributed by atoms with Gasteiger partial charge in [-0.1, -0.05) is 27.7 Å². The summed E-state index contributed by atoms with van der Waals surface area (Å²) in [6.45, 7) is 14.1. The van der Waals surface area contributed by atoms with Gasteiger partial charge in [-0.05, 0) is 38.5 Å². The summed E-state index contributed by atoms with van der Waals surface area (Å²) < 4.78 is 0. The van der Waals surface area contributed by atoms with Crippen molar-refractivity contribution in [1.29, 1.82) is 0 Å². The highest BCUT2D eigenvalue weighted by molar-refractivity contribution is 5.18. The molecule has 1 aromatic heterocycles. The molecule has 0 aliphatic heterocycles. The van der Waals surface area contributed by atoms with Crippen molar-refractivity contribution in [3.8, 4) is 0 Å². The summed E-state index contributed by atoms with van der Waals surface area (Å²) >= 11 is 0. The van der Waals surface area contributed by atoms with E-state index in [1.54, 1.807) is 0 Å². The minimum absolute atomic E-state index is 1.10. The van der Waals surface area contributed by atoms with E-state index in [4.69, 9.17) is 0 Å². The maximum Gasteiger partial charge on any atom is 0.0378 e. The van der Waals surface area contributed by atoms with Crippen LogP contribution in [-0.4, -0.2) is 4.98 Å². The van der Waals surface area contributed by atoms with E-state index in [9.17, 15) is 0 Å². The molecule has 0 unspecified atom stereocenters. The second-order valence-electron chi connectivity index (χ2n) is 2.43. The van der Waals surface area contributed by atoms with Gasteiger partial charge in [0.1, 0.15) is 0 Å². The van der Waals surface area contributed by atoms with Crippen molar-refractivity contribution in [3.05, 3.63) is 29.1 Å². The summed E-state index contributed by atoms with van der Waals surface area (Å²) in [5.74, 6) is 0. The van der Waals surface area contributed by atoms with Crippen molar-refractivity contribution >= 4 is 0 Å². The quantitative estimate of drug-likeness (QED) is 0.588. The van der Waals surface area contributed by atoms with Gasteiger partial charge in [-0.25, -0.2) is 0 Å². The first-order valence-corrected chi connectivity index (χ1v) is 5.10. The van der Waals surface area contributed by atoms with Crippen molar-refractivity contribution in [2.24, 2.45) is 0 Å². The molecule has 0 fully saturated rings. The molecule has 0 radical (unpaired) electrons. The average Bonchev–Trinajstić information content (AvgIpc) is 2.09. The lowest BCUT2D eigenvalue weighted by atomic mass is 10.2. The first kappa shape index (κ1) is 14.7. The Morgan fingerprint density at radius 2 is 1.08 bits per heavy atom. The summed E-state index contributed by atoms with van der Waals surface area (Å²) in [5, 5.41) is 0. The van der Waals surface area contributed by atoms with Crippen LogP contribution in [-0.2, 0) is 0 Å². The van der Waals surface area contributed by atoms with Gasteiger partial charge in [-0.15, -0.1) is 0 Å². The average molecular weight is 181 g/mol. The number of aryl methyl sites for hydroxylation is 3. The predicted molar refractivity (Wildman–Crippen MR) is 61.1 cm³/mol. The molecule has 0 atom stereocenters. The lowest BCUT2D eigenvalue weighted by Crippen LogP contribution is -1.85. The molecule has 0 aliphatic rings. The normalized spacial score (nSPS) is 7.62. The number of hydrogen-bond acceptors (Lipinski definition) is 1. The van der Waals surface area contributed by atoms with E-state index in [-0.39, 0.29) is 0 Å². The van der Waals surface area contributed by atoms with Crippen LogP contribution in [0.3, 0.4) is 0 Å². The van der Waals surface area contributed by atoms with Gasteiger partial charge in [0.2, 0.25) is 0 Å². The second-order valence-corrected chi connectivity index (χ2v) is 2.43. The van der Waals surface area contributed by atoms with Gasteiger partial charge in [0.15, 0.2) is 0 Å². The maximum atomic E-state index is 4.23. The number of aromatic nitrogens is 1. The molecule has 0 saturated heterocycles. The van der Waals surface area contributed by atoms with Crippen LogP contribution >= 0.6 is 0 Å². The van der Waals surface area contributed by atoms with Crippen LogP contribution in [0.15, 0.2) is 12.1 Å². The van der Waals surface area contributed by atoms with Crippen LogP contribution in [0.2, 0.25) is 0 Å². The van der Waals surface area contributed by atoms with Gasteiger partial charge in [0.25, 0.3) is 0 Å². The Bertz CT molecular complexity index is 166. The van der Waals surface area contributed by atoms with E-state index in [0.29, 0.717) is 0 Å². The van der Waals surface area contributed by atoms with Gasteiger partial charge >= 0.3 is 0 Å². The largest absolute Gasteiger partial charge is 0.258 e. The van der Waals surface area contributed by atoms with Crippen LogP contribution in [0.4, 0.5) is 0 Å². The number of rotatable bonds is 0. The standard InChI is InChI=1S/C8H11N.2C2H6/c1-6-4-7(2)9-8(3)5-6;2*1-2/h4-5H,1-3H3;2*1-2H3. The van der Waals surface area contributed by atoms with Gasteiger partial charge in [0, 0.05) is 11.4 Å². The Morgan fingerprint density at radius 1 is 0.769 bits per heavy atom. The van der Waals surface area contributed by atoms with Crippen molar-refractivity contribution in [3.63, 3.8) is 0 Å². The molecule has 1 nitrogen and oxygen atoms in total. The summed E-state index contributed by atoms with van der Waals surface area (Å²) in [4.78, 5) is 4.23. The smallest absolute Gasteiger partial charge is 0.0378 e. The van der Waals surface area contributed by atoms with Gasteiger partial charge in [-0.2, -0.15) is 0 Å². The van der Waals surface area contributed by atoms with Crippen LogP contribution in [0.1, 0.15) is 44.6 Å². The molecular formula is C12H23N. The lowest BCUT2D eigenvalue weighted by molar-refractivity contribution is 1.10. The number of nitrogens with zero attached hydrogens (tertiary/aromatic N) is 1. The molecule has 13 heavy (non-hydrogen) atoms. The molecule has 76 valence electrons. The summed E-state index contributed by atoms with van der Waals surface area (Å²) in [6.07, 6.45) is 0. The van der Waals surface area contributed by atoms with Crippen LogP contribution in [0.25, 0.3) is 0 Å². The molecule has 0 aromatic carbocycles. The van der Waals surface area contributed by atoms with E-state index in [0.717, 1.165) is 11.4 Å². The zero-order chi connectivity index (χ0) is 10.9. The minimum atomic E-state index is 1.10. The van der Waals surface area contributed by atoms with Gasteiger partial charge < -0.3 is 0 Å². The highest BCUT2D eigenvalue weighted by atomic mass is 14.7. The summed E-state index contributed by atoms with van der Waals surface area (Å²) in [5.41, 5.74) is 3.50. The number of hydrogen-bond donors (Lipinski definition) is 0. The molecule has 0 aliphatic carbocycles. The maximum absolute atomic E-state index is 4.23. The fourth-order valence-electron chi connectivity index (χ4n) is 1.04. The van der Waals surface area contributed by atoms with Crippen molar-refractivity contribution in [2.45, 2.75) is 48.5 Å². The van der Waals surface area contributed by atoms with Crippen molar-refractivity contribution in [2.75, 3.05) is 0 Å². The SMILES string of the molecule is CC.CC.Cc1cc(C)nc(C)c1. The fraction of sp³-hybridized carbons (Fsp3) is 0.583. The van der Waals surface area contributed by atoms with E-state index in [2.05, 4.69) is 24.0 Å². The summed E-state index contributed by atoms with van der Waals surface area (Å²) in [6, 6.07) is 4.15. The van der Waals surface area contributed by atoms with E-state index in [1.165, 1.54) is 5.56 Å². The minimum Gasteiger partial charge on any atom is -0.258 e. The second kappa shape index (κ2) is 9.24. The molecule has 1 rings (SSSR count). The van der Waals surface area contributed by atoms with Crippen LogP contribution in [0.5, 0.6) is 0 Å². The fourth-order valence-corrected chi connectivity index (χ4v) is 1.04. The van der Waals surface area contributed by atoms with Gasteiger partial charge in [0.05, 0.1) is 0 Å². The van der Waals surface area contributed by atoms with Crippen LogP contribution < -0.4 is 0 Å². The Hall–Kier alpha value is -0.850. The predicted octanol–water partition coefficient (Wildman–Crippen LogP) is 4.06. The van der Waals surface area contributed by atoms with Crippen LogP contribution in [0, 0.1) is 20.8 Å².